The normalized spacial score (nSPS) is 21.9. The van der Waals surface area contributed by atoms with Gasteiger partial charge in [-0.05, 0) is 47.6 Å². The highest BCUT2D eigenvalue weighted by Gasteiger charge is 2.42. The van der Waals surface area contributed by atoms with Crippen molar-refractivity contribution >= 4 is 16.8 Å². The zero-order chi connectivity index (χ0) is 24.5. The van der Waals surface area contributed by atoms with Crippen molar-refractivity contribution in [2.45, 2.75) is 43.6 Å². The minimum Gasteiger partial charge on any atom is -0.481 e. The van der Waals surface area contributed by atoms with Crippen molar-refractivity contribution in [1.82, 2.24) is 4.98 Å². The summed E-state index contributed by atoms with van der Waals surface area (Å²) in [6.07, 6.45) is 9.66. The highest BCUT2D eigenvalue weighted by molar-refractivity contribution is 7.85. The molecule has 5 nitrogen and oxygen atoms in total. The van der Waals surface area contributed by atoms with Crippen LogP contribution in [-0.2, 0) is 26.9 Å². The van der Waals surface area contributed by atoms with Crippen LogP contribution in [-0.4, -0.2) is 32.1 Å². The molecular formula is C29H31NO4S. The summed E-state index contributed by atoms with van der Waals surface area (Å²) >= 11 is 0. The van der Waals surface area contributed by atoms with Crippen LogP contribution in [0.15, 0.2) is 91.3 Å². The minimum atomic E-state index is -1.04. The third-order valence-corrected chi connectivity index (χ3v) is 8.22. The fraction of sp³-hybridized carbons (Fsp3) is 0.310. The summed E-state index contributed by atoms with van der Waals surface area (Å²) in [6, 6.07) is 22.6. The van der Waals surface area contributed by atoms with Gasteiger partial charge in [-0.2, -0.15) is 0 Å². The highest BCUT2D eigenvalue weighted by Crippen LogP contribution is 2.41. The van der Waals surface area contributed by atoms with Gasteiger partial charge in [0, 0.05) is 35.5 Å². The minimum absolute atomic E-state index is 0.104. The van der Waals surface area contributed by atoms with Crippen LogP contribution in [0.2, 0.25) is 0 Å². The van der Waals surface area contributed by atoms with Gasteiger partial charge < -0.3 is 9.84 Å². The Hall–Kier alpha value is -3.09. The van der Waals surface area contributed by atoms with Crippen LogP contribution >= 0.6 is 0 Å². The van der Waals surface area contributed by atoms with E-state index in [1.54, 1.807) is 6.20 Å². The SMILES string of the molecule is O=C(O)CC/C=C\CC[C@@H]1[C@@H](c2cccnc2)[S@](=O)C[C@H]1OCc1ccc(-c2ccccc2)cc1. The van der Waals surface area contributed by atoms with E-state index in [4.69, 9.17) is 9.84 Å². The molecule has 1 saturated heterocycles. The van der Waals surface area contributed by atoms with E-state index in [1.807, 2.05) is 48.7 Å². The van der Waals surface area contributed by atoms with Gasteiger partial charge >= 0.3 is 5.97 Å². The molecule has 3 aromatic rings. The van der Waals surface area contributed by atoms with Crippen LogP contribution < -0.4 is 0 Å². The number of aliphatic carboxylic acids is 1. The van der Waals surface area contributed by atoms with E-state index in [0.717, 1.165) is 24.0 Å². The number of hydrogen-bond donors (Lipinski definition) is 1. The van der Waals surface area contributed by atoms with Gasteiger partial charge in [-0.25, -0.2) is 0 Å². The molecule has 4 rings (SSSR count). The molecular weight excluding hydrogens is 458 g/mol. The lowest BCUT2D eigenvalue weighted by atomic mass is 9.90. The summed E-state index contributed by atoms with van der Waals surface area (Å²) in [5.74, 6) is -0.176. The molecule has 2 aromatic carbocycles. The molecule has 1 aliphatic rings. The molecule has 0 aliphatic carbocycles. The van der Waals surface area contributed by atoms with Crippen molar-refractivity contribution in [3.05, 3.63) is 102 Å². The Labute approximate surface area is 209 Å². The molecule has 0 spiro atoms. The number of ether oxygens (including phenoxy) is 1. The number of carboxylic acid groups (broad SMARTS) is 1. The van der Waals surface area contributed by atoms with Crippen molar-refractivity contribution in [1.29, 1.82) is 0 Å². The lowest BCUT2D eigenvalue weighted by Crippen LogP contribution is -2.23. The molecule has 0 amide bonds. The zero-order valence-electron chi connectivity index (χ0n) is 19.7. The summed E-state index contributed by atoms with van der Waals surface area (Å²) < 4.78 is 19.5. The van der Waals surface area contributed by atoms with E-state index in [9.17, 15) is 9.00 Å². The number of rotatable bonds is 11. The number of carbonyl (C=O) groups is 1. The van der Waals surface area contributed by atoms with Crippen molar-refractivity contribution in [2.24, 2.45) is 5.92 Å². The average molecular weight is 490 g/mol. The summed E-state index contributed by atoms with van der Waals surface area (Å²) in [6.45, 7) is 0.474. The van der Waals surface area contributed by atoms with Gasteiger partial charge in [-0.15, -0.1) is 0 Å². The first-order chi connectivity index (χ1) is 17.1. The number of aromatic nitrogens is 1. The van der Waals surface area contributed by atoms with Crippen LogP contribution in [0.25, 0.3) is 11.1 Å². The van der Waals surface area contributed by atoms with Gasteiger partial charge in [-0.1, -0.05) is 72.8 Å². The first-order valence-electron chi connectivity index (χ1n) is 12.0. The second kappa shape index (κ2) is 12.6. The predicted octanol–water partition coefficient (Wildman–Crippen LogP) is 5.95. The highest BCUT2D eigenvalue weighted by atomic mass is 32.2. The maximum atomic E-state index is 13.1. The third-order valence-electron chi connectivity index (χ3n) is 6.37. The molecule has 4 atom stereocenters. The van der Waals surface area contributed by atoms with Gasteiger partial charge in [0.05, 0.1) is 23.7 Å². The summed E-state index contributed by atoms with van der Waals surface area (Å²) in [7, 11) is -1.04. The Morgan fingerprint density at radius 1 is 1.00 bits per heavy atom. The molecule has 0 unspecified atom stereocenters. The van der Waals surface area contributed by atoms with Crippen LogP contribution in [0.3, 0.4) is 0 Å². The molecule has 6 heteroatoms. The summed E-state index contributed by atoms with van der Waals surface area (Å²) in [4.78, 5) is 15.0. The number of hydrogen-bond acceptors (Lipinski definition) is 4. The van der Waals surface area contributed by atoms with Crippen molar-refractivity contribution in [3.63, 3.8) is 0 Å². The predicted molar refractivity (Wildman–Crippen MR) is 139 cm³/mol. The summed E-state index contributed by atoms with van der Waals surface area (Å²) in [5.41, 5.74) is 4.43. The van der Waals surface area contributed by atoms with Gasteiger partial charge in [0.1, 0.15) is 0 Å². The molecule has 182 valence electrons. The lowest BCUT2D eigenvalue weighted by Gasteiger charge is -2.23. The standard InChI is InChI=1S/C29H31NO4S/c31-28(32)13-7-2-1-6-12-26-27(21-35(33)29(26)25-11-8-18-30-19-25)34-20-22-14-16-24(17-15-22)23-9-4-3-5-10-23/h1-5,8-11,14-19,26-27,29H,6-7,12-13,20-21H2,(H,31,32)/b2-1-/t26-,27+,29+,35+/m0/s1. The maximum Gasteiger partial charge on any atom is 0.303 e. The van der Waals surface area contributed by atoms with Gasteiger partial charge in [0.15, 0.2) is 0 Å². The van der Waals surface area contributed by atoms with E-state index in [0.29, 0.717) is 18.8 Å². The van der Waals surface area contributed by atoms with E-state index in [1.165, 1.54) is 11.1 Å². The first-order valence-corrected chi connectivity index (χ1v) is 13.4. The zero-order valence-corrected chi connectivity index (χ0v) is 20.5. The average Bonchev–Trinajstić information content (AvgIpc) is 3.20. The Morgan fingerprint density at radius 2 is 1.74 bits per heavy atom. The van der Waals surface area contributed by atoms with Crippen molar-refractivity contribution in [2.75, 3.05) is 5.75 Å². The largest absolute Gasteiger partial charge is 0.481 e. The first kappa shape index (κ1) is 25.0. The molecule has 35 heavy (non-hydrogen) atoms. The Bertz CT molecular complexity index is 1130. The molecule has 1 aromatic heterocycles. The van der Waals surface area contributed by atoms with E-state index in [2.05, 4.69) is 41.4 Å². The molecule has 0 bridgehead atoms. The van der Waals surface area contributed by atoms with Crippen LogP contribution in [0.4, 0.5) is 0 Å². The quantitative estimate of drug-likeness (QED) is 0.337. The van der Waals surface area contributed by atoms with Gasteiger partial charge in [-0.3, -0.25) is 14.0 Å². The lowest BCUT2D eigenvalue weighted by molar-refractivity contribution is -0.136. The molecule has 2 heterocycles. The van der Waals surface area contributed by atoms with Crippen molar-refractivity contribution < 1.29 is 18.8 Å². The number of allylic oxidation sites excluding steroid dienone is 2. The smallest absolute Gasteiger partial charge is 0.303 e. The van der Waals surface area contributed by atoms with E-state index >= 15 is 0 Å². The Balaban J connectivity index is 1.41. The fourth-order valence-corrected chi connectivity index (χ4v) is 6.61. The molecule has 1 N–H and O–H groups in total. The fourth-order valence-electron chi connectivity index (χ4n) is 4.59. The molecule has 1 fully saturated rings. The molecule has 0 radical (unpaired) electrons. The second-order valence-electron chi connectivity index (χ2n) is 8.81. The van der Waals surface area contributed by atoms with Crippen LogP contribution in [0, 0.1) is 5.92 Å². The molecule has 0 saturated carbocycles. The van der Waals surface area contributed by atoms with E-state index in [-0.39, 0.29) is 23.7 Å². The molecule has 1 aliphatic heterocycles. The third kappa shape index (κ3) is 6.96. The number of nitrogens with zero attached hydrogens (tertiary/aromatic N) is 1. The monoisotopic (exact) mass is 489 g/mol. The number of pyridine rings is 1. The maximum absolute atomic E-state index is 13.1. The Kier molecular flexibility index (Phi) is 8.98. The van der Waals surface area contributed by atoms with Gasteiger partial charge in [0.25, 0.3) is 0 Å². The van der Waals surface area contributed by atoms with Crippen molar-refractivity contribution in [3.8, 4) is 11.1 Å². The van der Waals surface area contributed by atoms with E-state index < -0.39 is 16.8 Å². The van der Waals surface area contributed by atoms with Gasteiger partial charge in [0.2, 0.25) is 0 Å². The number of benzene rings is 2. The second-order valence-corrected chi connectivity index (χ2v) is 10.4. The topological polar surface area (TPSA) is 76.5 Å². The van der Waals surface area contributed by atoms with Crippen LogP contribution in [0.1, 0.15) is 42.1 Å². The summed E-state index contributed by atoms with van der Waals surface area (Å²) in [5, 5.41) is 8.69. The number of carboxylic acids is 1. The van der Waals surface area contributed by atoms with Crippen LogP contribution in [0.5, 0.6) is 0 Å². The Morgan fingerprint density at radius 3 is 2.46 bits per heavy atom.